The topological polar surface area (TPSA) is 25.2 Å². The van der Waals surface area contributed by atoms with E-state index in [2.05, 4.69) is 31.3 Å². The Bertz CT molecular complexity index is 430. The summed E-state index contributed by atoms with van der Waals surface area (Å²) in [5.41, 5.74) is 1.22. The highest BCUT2D eigenvalue weighted by molar-refractivity contribution is 7.15. The van der Waals surface area contributed by atoms with Crippen LogP contribution in [0.1, 0.15) is 17.6 Å². The third kappa shape index (κ3) is 2.30. The Labute approximate surface area is 93.9 Å². The molecule has 80 valence electrons. The first-order valence-electron chi connectivity index (χ1n) is 5.15. The van der Waals surface area contributed by atoms with Crippen LogP contribution in [0.5, 0.6) is 0 Å². The van der Waals surface area contributed by atoms with Crippen LogP contribution in [0.4, 0.5) is 0 Å². The molecule has 0 saturated carbocycles. The zero-order chi connectivity index (χ0) is 10.7. The Morgan fingerprint density at radius 3 is 2.87 bits per heavy atom. The summed E-state index contributed by atoms with van der Waals surface area (Å²) in [5, 5.41) is 3.28. The standard InChI is InChI=1S/C12H15NOS/c1-3-13-8-11-10(6-7-14-11)12-5-4-9(2)15-12/h4-7,13H,3,8H2,1-2H3. The third-order valence-electron chi connectivity index (χ3n) is 2.29. The molecule has 2 nitrogen and oxygen atoms in total. The lowest BCUT2D eigenvalue weighted by molar-refractivity contribution is 0.489. The summed E-state index contributed by atoms with van der Waals surface area (Å²) >= 11 is 1.81. The van der Waals surface area contributed by atoms with Gasteiger partial charge >= 0.3 is 0 Å². The second kappa shape index (κ2) is 4.64. The summed E-state index contributed by atoms with van der Waals surface area (Å²) in [7, 11) is 0. The molecule has 0 saturated heterocycles. The molecule has 0 atom stereocenters. The molecule has 0 fully saturated rings. The predicted molar refractivity (Wildman–Crippen MR) is 64.1 cm³/mol. The van der Waals surface area contributed by atoms with Gasteiger partial charge in [-0.25, -0.2) is 0 Å². The number of nitrogens with one attached hydrogen (secondary N) is 1. The van der Waals surface area contributed by atoms with Gasteiger partial charge in [0.2, 0.25) is 0 Å². The fourth-order valence-corrected chi connectivity index (χ4v) is 2.43. The van der Waals surface area contributed by atoms with Crippen LogP contribution in [0.15, 0.2) is 28.9 Å². The molecule has 0 radical (unpaired) electrons. The highest BCUT2D eigenvalue weighted by Crippen LogP contribution is 2.31. The smallest absolute Gasteiger partial charge is 0.126 e. The summed E-state index contributed by atoms with van der Waals surface area (Å²) in [5.74, 6) is 1.03. The Kier molecular flexibility index (Phi) is 3.23. The van der Waals surface area contributed by atoms with E-state index >= 15 is 0 Å². The SMILES string of the molecule is CCNCc1occc1-c1ccc(C)s1. The molecule has 0 bridgehead atoms. The molecule has 0 aliphatic carbocycles. The fourth-order valence-electron chi connectivity index (χ4n) is 1.51. The summed E-state index contributed by atoms with van der Waals surface area (Å²) in [6.45, 7) is 5.98. The number of thiophene rings is 1. The van der Waals surface area contributed by atoms with Crippen molar-refractivity contribution in [3.63, 3.8) is 0 Å². The zero-order valence-electron chi connectivity index (χ0n) is 9.04. The highest BCUT2D eigenvalue weighted by Gasteiger charge is 2.09. The van der Waals surface area contributed by atoms with E-state index in [-0.39, 0.29) is 0 Å². The third-order valence-corrected chi connectivity index (χ3v) is 3.32. The Balaban J connectivity index is 2.24. The van der Waals surface area contributed by atoms with E-state index in [0.29, 0.717) is 0 Å². The average Bonchev–Trinajstić information content (AvgIpc) is 2.82. The van der Waals surface area contributed by atoms with Gasteiger partial charge < -0.3 is 9.73 Å². The Morgan fingerprint density at radius 2 is 2.20 bits per heavy atom. The van der Waals surface area contributed by atoms with Crippen LogP contribution >= 0.6 is 11.3 Å². The first kappa shape index (κ1) is 10.5. The second-order valence-corrected chi connectivity index (χ2v) is 4.74. The molecular formula is C12H15NOS. The van der Waals surface area contributed by atoms with E-state index in [1.54, 1.807) is 17.6 Å². The maximum absolute atomic E-state index is 5.47. The number of hydrogen-bond acceptors (Lipinski definition) is 3. The molecule has 0 unspecified atom stereocenters. The molecule has 3 heteroatoms. The van der Waals surface area contributed by atoms with Crippen LogP contribution < -0.4 is 5.32 Å². The van der Waals surface area contributed by atoms with Crippen molar-refractivity contribution in [2.24, 2.45) is 0 Å². The van der Waals surface area contributed by atoms with Crippen molar-refractivity contribution in [2.45, 2.75) is 20.4 Å². The molecule has 0 aromatic carbocycles. The summed E-state index contributed by atoms with van der Waals surface area (Å²) in [6.07, 6.45) is 1.76. The van der Waals surface area contributed by atoms with Crippen molar-refractivity contribution in [3.05, 3.63) is 35.1 Å². The molecule has 0 amide bonds. The van der Waals surface area contributed by atoms with Gasteiger partial charge in [-0.3, -0.25) is 0 Å². The number of rotatable bonds is 4. The van der Waals surface area contributed by atoms with Crippen molar-refractivity contribution >= 4 is 11.3 Å². The molecule has 0 aliphatic rings. The minimum atomic E-state index is 0.801. The van der Waals surface area contributed by atoms with Crippen molar-refractivity contribution in [2.75, 3.05) is 6.54 Å². The minimum Gasteiger partial charge on any atom is -0.467 e. The molecule has 1 N–H and O–H groups in total. The van der Waals surface area contributed by atoms with E-state index in [4.69, 9.17) is 4.42 Å². The maximum Gasteiger partial charge on any atom is 0.126 e. The quantitative estimate of drug-likeness (QED) is 0.855. The van der Waals surface area contributed by atoms with Crippen LogP contribution in [0.25, 0.3) is 10.4 Å². The van der Waals surface area contributed by atoms with E-state index in [1.165, 1.54) is 15.3 Å². The highest BCUT2D eigenvalue weighted by atomic mass is 32.1. The first-order valence-corrected chi connectivity index (χ1v) is 5.97. The second-order valence-electron chi connectivity index (χ2n) is 3.45. The van der Waals surface area contributed by atoms with E-state index in [1.807, 2.05) is 6.07 Å². The predicted octanol–water partition coefficient (Wildman–Crippen LogP) is 3.43. The van der Waals surface area contributed by atoms with Crippen molar-refractivity contribution < 1.29 is 4.42 Å². The normalized spacial score (nSPS) is 10.8. The summed E-state index contributed by atoms with van der Waals surface area (Å²) < 4.78 is 5.47. The number of furan rings is 1. The van der Waals surface area contributed by atoms with Crippen molar-refractivity contribution in [3.8, 4) is 10.4 Å². The summed E-state index contributed by atoms with van der Waals surface area (Å²) in [6, 6.07) is 6.34. The minimum absolute atomic E-state index is 0.801. The monoisotopic (exact) mass is 221 g/mol. The van der Waals surface area contributed by atoms with Crippen molar-refractivity contribution in [1.82, 2.24) is 5.32 Å². The van der Waals surface area contributed by atoms with Gasteiger partial charge in [-0.2, -0.15) is 0 Å². The van der Waals surface area contributed by atoms with E-state index in [0.717, 1.165) is 18.8 Å². The van der Waals surface area contributed by atoms with Gasteiger partial charge in [0.05, 0.1) is 12.8 Å². The Morgan fingerprint density at radius 1 is 1.33 bits per heavy atom. The van der Waals surface area contributed by atoms with E-state index < -0.39 is 0 Å². The Hall–Kier alpha value is -1.06. The van der Waals surface area contributed by atoms with Crippen LogP contribution in [-0.4, -0.2) is 6.54 Å². The average molecular weight is 221 g/mol. The largest absolute Gasteiger partial charge is 0.467 e. The van der Waals surface area contributed by atoms with Gasteiger partial charge in [-0.15, -0.1) is 11.3 Å². The summed E-state index contributed by atoms with van der Waals surface area (Å²) in [4.78, 5) is 2.62. The van der Waals surface area contributed by atoms with Gasteiger partial charge in [0.25, 0.3) is 0 Å². The first-order chi connectivity index (χ1) is 7.31. The zero-order valence-corrected chi connectivity index (χ0v) is 9.86. The van der Waals surface area contributed by atoms with Gasteiger partial charge in [0.15, 0.2) is 0 Å². The van der Waals surface area contributed by atoms with Crippen LogP contribution in [-0.2, 0) is 6.54 Å². The lowest BCUT2D eigenvalue weighted by Crippen LogP contribution is -2.11. The van der Waals surface area contributed by atoms with Crippen LogP contribution in [0.3, 0.4) is 0 Å². The molecule has 2 aromatic rings. The lowest BCUT2D eigenvalue weighted by atomic mass is 10.2. The number of hydrogen-bond donors (Lipinski definition) is 1. The van der Waals surface area contributed by atoms with Gasteiger partial charge in [0, 0.05) is 15.3 Å². The van der Waals surface area contributed by atoms with E-state index in [9.17, 15) is 0 Å². The lowest BCUT2D eigenvalue weighted by Gasteiger charge is -2.00. The van der Waals surface area contributed by atoms with Gasteiger partial charge in [-0.05, 0) is 31.7 Å². The molecule has 2 rings (SSSR count). The molecule has 0 spiro atoms. The van der Waals surface area contributed by atoms with Gasteiger partial charge in [0.1, 0.15) is 5.76 Å². The maximum atomic E-state index is 5.47. The molecule has 0 aliphatic heterocycles. The molecular weight excluding hydrogens is 206 g/mol. The van der Waals surface area contributed by atoms with Crippen LogP contribution in [0.2, 0.25) is 0 Å². The molecule has 15 heavy (non-hydrogen) atoms. The molecule has 2 aromatic heterocycles. The van der Waals surface area contributed by atoms with Crippen molar-refractivity contribution in [1.29, 1.82) is 0 Å². The molecule has 2 heterocycles. The van der Waals surface area contributed by atoms with Gasteiger partial charge in [-0.1, -0.05) is 6.92 Å². The number of aryl methyl sites for hydroxylation is 1. The van der Waals surface area contributed by atoms with Crippen LogP contribution in [0, 0.1) is 6.92 Å². The fraction of sp³-hybridized carbons (Fsp3) is 0.333.